The number of hydrogen-bond donors (Lipinski definition) is 1. The number of fused-ring (bicyclic) bond motifs is 1. The number of nitrogens with zero attached hydrogens (tertiary/aromatic N) is 1. The second-order valence-corrected chi connectivity index (χ2v) is 5.25. The third-order valence-electron chi connectivity index (χ3n) is 3.82. The van der Waals surface area contributed by atoms with Gasteiger partial charge in [0.2, 0.25) is 0 Å². The molecule has 0 amide bonds. The van der Waals surface area contributed by atoms with Crippen molar-refractivity contribution in [2.24, 2.45) is 5.73 Å². The molecule has 18 heavy (non-hydrogen) atoms. The van der Waals surface area contributed by atoms with E-state index in [1.165, 1.54) is 36.0 Å². The van der Waals surface area contributed by atoms with Gasteiger partial charge in [0.25, 0.3) is 0 Å². The molecule has 2 N–H and O–H groups in total. The first-order valence-electron chi connectivity index (χ1n) is 6.81. The fourth-order valence-electron chi connectivity index (χ4n) is 2.84. The topological polar surface area (TPSA) is 30.9 Å². The molecule has 0 spiro atoms. The lowest BCUT2D eigenvalue weighted by atomic mass is 10.1. The minimum Gasteiger partial charge on any atom is -0.349 e. The molecule has 0 fully saturated rings. The molecule has 1 unspecified atom stereocenters. The molecule has 0 bridgehead atoms. The molecular weight excluding hydrogens is 220 g/mol. The van der Waals surface area contributed by atoms with E-state index in [-0.39, 0.29) is 6.04 Å². The smallest absolute Gasteiger partial charge is 0.0470 e. The Morgan fingerprint density at radius 1 is 1.11 bits per heavy atom. The summed E-state index contributed by atoms with van der Waals surface area (Å²) in [5.41, 5.74) is 10.4. The van der Waals surface area contributed by atoms with Crippen LogP contribution in [0.2, 0.25) is 0 Å². The van der Waals surface area contributed by atoms with Gasteiger partial charge in [-0.15, -0.1) is 0 Å². The number of rotatable bonds is 2. The maximum atomic E-state index is 6.24. The Balaban J connectivity index is 1.85. The van der Waals surface area contributed by atoms with Crippen LogP contribution in [-0.2, 0) is 13.0 Å². The van der Waals surface area contributed by atoms with Gasteiger partial charge >= 0.3 is 0 Å². The molecule has 94 valence electrons. The number of hydrogen-bond acceptors (Lipinski definition) is 1. The summed E-state index contributed by atoms with van der Waals surface area (Å²) in [6.45, 7) is 0.945. The van der Waals surface area contributed by atoms with Crippen molar-refractivity contribution in [1.29, 1.82) is 0 Å². The Morgan fingerprint density at radius 2 is 1.94 bits per heavy atom. The number of aromatic nitrogens is 1. The zero-order valence-corrected chi connectivity index (χ0v) is 10.7. The summed E-state index contributed by atoms with van der Waals surface area (Å²) in [4.78, 5) is 0. The van der Waals surface area contributed by atoms with E-state index < -0.39 is 0 Å². The lowest BCUT2D eigenvalue weighted by Crippen LogP contribution is -2.09. The molecule has 3 rings (SSSR count). The van der Waals surface area contributed by atoms with Crippen LogP contribution >= 0.6 is 0 Å². The average Bonchev–Trinajstić information content (AvgIpc) is 2.71. The lowest BCUT2D eigenvalue weighted by molar-refractivity contribution is 0.610. The number of nitrogens with two attached hydrogens (primary N) is 1. The summed E-state index contributed by atoms with van der Waals surface area (Å²) in [6.07, 6.45) is 9.38. The highest BCUT2D eigenvalue weighted by molar-refractivity contribution is 5.29. The molecule has 0 aliphatic heterocycles. The molecule has 0 saturated heterocycles. The molecule has 1 heterocycles. The molecule has 0 saturated carbocycles. The van der Waals surface area contributed by atoms with Crippen molar-refractivity contribution >= 4 is 0 Å². The van der Waals surface area contributed by atoms with Gasteiger partial charge in [-0.1, -0.05) is 36.8 Å². The van der Waals surface area contributed by atoms with E-state index in [1.54, 1.807) is 0 Å². The fraction of sp³-hybridized carbons (Fsp3) is 0.375. The van der Waals surface area contributed by atoms with E-state index >= 15 is 0 Å². The van der Waals surface area contributed by atoms with Gasteiger partial charge in [-0.25, -0.2) is 0 Å². The Morgan fingerprint density at radius 3 is 2.78 bits per heavy atom. The van der Waals surface area contributed by atoms with Crippen molar-refractivity contribution in [2.75, 3.05) is 0 Å². The molecule has 2 nitrogen and oxygen atoms in total. The van der Waals surface area contributed by atoms with Crippen LogP contribution in [0.25, 0.3) is 0 Å². The molecular formula is C16H20N2. The summed E-state index contributed by atoms with van der Waals surface area (Å²) in [6, 6.07) is 10.8. The summed E-state index contributed by atoms with van der Waals surface area (Å²) in [5.74, 6) is 0. The predicted molar refractivity (Wildman–Crippen MR) is 74.5 cm³/mol. The van der Waals surface area contributed by atoms with Gasteiger partial charge in [0, 0.05) is 25.0 Å². The first kappa shape index (κ1) is 11.5. The summed E-state index contributed by atoms with van der Waals surface area (Å²) in [7, 11) is 0. The Bertz CT molecular complexity index is 513. The quantitative estimate of drug-likeness (QED) is 0.802. The van der Waals surface area contributed by atoms with Crippen molar-refractivity contribution in [2.45, 2.75) is 38.3 Å². The Kier molecular flexibility index (Phi) is 3.20. The molecule has 2 aromatic rings. The Labute approximate surface area is 108 Å². The molecule has 1 aromatic heterocycles. The van der Waals surface area contributed by atoms with Crippen LogP contribution < -0.4 is 5.73 Å². The van der Waals surface area contributed by atoms with Crippen LogP contribution in [0.5, 0.6) is 0 Å². The third kappa shape index (κ3) is 2.34. The lowest BCUT2D eigenvalue weighted by Gasteiger charge is -2.07. The summed E-state index contributed by atoms with van der Waals surface area (Å²) < 4.78 is 2.28. The molecule has 1 aromatic carbocycles. The predicted octanol–water partition coefficient (Wildman–Crippen LogP) is 3.26. The van der Waals surface area contributed by atoms with Crippen LogP contribution in [0.3, 0.4) is 0 Å². The first-order chi connectivity index (χ1) is 8.83. The summed E-state index contributed by atoms with van der Waals surface area (Å²) >= 11 is 0. The van der Waals surface area contributed by atoms with Gasteiger partial charge in [0.15, 0.2) is 0 Å². The van der Waals surface area contributed by atoms with Crippen molar-refractivity contribution in [1.82, 2.24) is 4.57 Å². The standard InChI is InChI=1S/C16H20N2/c17-16-9-5-4-8-14-11-18(12-15(14)16)10-13-6-2-1-3-7-13/h1-3,6-7,11-12,16H,4-5,8-10,17H2. The zero-order chi connectivity index (χ0) is 12.4. The molecule has 2 heteroatoms. The minimum atomic E-state index is 0.236. The van der Waals surface area contributed by atoms with E-state index in [2.05, 4.69) is 47.3 Å². The fourth-order valence-corrected chi connectivity index (χ4v) is 2.84. The van der Waals surface area contributed by atoms with E-state index in [9.17, 15) is 0 Å². The normalized spacial score (nSPS) is 19.3. The molecule has 1 aliphatic carbocycles. The molecule has 1 atom stereocenters. The average molecular weight is 240 g/mol. The first-order valence-corrected chi connectivity index (χ1v) is 6.81. The van der Waals surface area contributed by atoms with Crippen molar-refractivity contribution in [3.8, 4) is 0 Å². The maximum absolute atomic E-state index is 6.24. The molecule has 1 aliphatic rings. The summed E-state index contributed by atoms with van der Waals surface area (Å²) in [5, 5.41) is 0. The maximum Gasteiger partial charge on any atom is 0.0470 e. The SMILES string of the molecule is NC1CCCCc2cn(Cc3ccccc3)cc21. The van der Waals surface area contributed by atoms with E-state index in [0.29, 0.717) is 0 Å². The van der Waals surface area contributed by atoms with Gasteiger partial charge in [0.05, 0.1) is 0 Å². The van der Waals surface area contributed by atoms with Crippen LogP contribution in [-0.4, -0.2) is 4.57 Å². The van der Waals surface area contributed by atoms with Gasteiger partial charge in [-0.3, -0.25) is 0 Å². The third-order valence-corrected chi connectivity index (χ3v) is 3.82. The van der Waals surface area contributed by atoms with Crippen molar-refractivity contribution in [3.63, 3.8) is 0 Å². The van der Waals surface area contributed by atoms with Gasteiger partial charge in [-0.2, -0.15) is 0 Å². The largest absolute Gasteiger partial charge is 0.349 e. The second kappa shape index (κ2) is 4.99. The number of benzene rings is 1. The Hall–Kier alpha value is -1.54. The number of aryl methyl sites for hydroxylation is 1. The minimum absolute atomic E-state index is 0.236. The van der Waals surface area contributed by atoms with Crippen molar-refractivity contribution in [3.05, 3.63) is 59.4 Å². The highest BCUT2D eigenvalue weighted by Gasteiger charge is 2.17. The molecule has 0 radical (unpaired) electrons. The van der Waals surface area contributed by atoms with Crippen LogP contribution in [0, 0.1) is 0 Å². The van der Waals surface area contributed by atoms with E-state index in [0.717, 1.165) is 13.0 Å². The second-order valence-electron chi connectivity index (χ2n) is 5.25. The monoisotopic (exact) mass is 240 g/mol. The van der Waals surface area contributed by atoms with E-state index in [4.69, 9.17) is 5.73 Å². The van der Waals surface area contributed by atoms with Gasteiger partial charge < -0.3 is 10.3 Å². The zero-order valence-electron chi connectivity index (χ0n) is 10.7. The highest BCUT2D eigenvalue weighted by Crippen LogP contribution is 2.27. The van der Waals surface area contributed by atoms with Gasteiger partial charge in [-0.05, 0) is 36.0 Å². The highest BCUT2D eigenvalue weighted by atomic mass is 14.9. The van der Waals surface area contributed by atoms with Gasteiger partial charge in [0.1, 0.15) is 0 Å². The van der Waals surface area contributed by atoms with Crippen molar-refractivity contribution < 1.29 is 0 Å². The van der Waals surface area contributed by atoms with Crippen LogP contribution in [0.15, 0.2) is 42.7 Å². The van der Waals surface area contributed by atoms with Crippen LogP contribution in [0.4, 0.5) is 0 Å². The van der Waals surface area contributed by atoms with Crippen LogP contribution in [0.1, 0.15) is 42.0 Å². The van der Waals surface area contributed by atoms with E-state index in [1.807, 2.05) is 0 Å².